The van der Waals surface area contributed by atoms with E-state index in [4.69, 9.17) is 9.47 Å². The molecule has 0 aliphatic carbocycles. The van der Waals surface area contributed by atoms with Crippen LogP contribution >= 0.6 is 15.9 Å². The molecule has 0 spiro atoms. The molecule has 1 N–H and O–H groups in total. The third-order valence-electron chi connectivity index (χ3n) is 4.01. The lowest BCUT2D eigenvalue weighted by atomic mass is 10.2. The lowest BCUT2D eigenvalue weighted by molar-refractivity contribution is -0.123. The Kier molecular flexibility index (Phi) is 7.41. The molecule has 6 heteroatoms. The quantitative estimate of drug-likeness (QED) is 0.391. The molecule has 3 aromatic carbocycles. The number of hydrazone groups is 1. The van der Waals surface area contributed by atoms with E-state index in [0.29, 0.717) is 12.4 Å². The zero-order valence-corrected chi connectivity index (χ0v) is 17.6. The van der Waals surface area contributed by atoms with Gasteiger partial charge in [0.1, 0.15) is 18.1 Å². The summed E-state index contributed by atoms with van der Waals surface area (Å²) in [7, 11) is 0. The first-order valence-corrected chi connectivity index (χ1v) is 9.87. The van der Waals surface area contributed by atoms with Crippen LogP contribution in [0.25, 0.3) is 0 Å². The van der Waals surface area contributed by atoms with Crippen LogP contribution in [0.4, 0.5) is 0 Å². The van der Waals surface area contributed by atoms with E-state index in [9.17, 15) is 4.79 Å². The maximum absolute atomic E-state index is 11.9. The van der Waals surface area contributed by atoms with Gasteiger partial charge in [-0.3, -0.25) is 4.79 Å². The van der Waals surface area contributed by atoms with Crippen molar-refractivity contribution in [2.45, 2.75) is 13.5 Å². The fourth-order valence-corrected chi connectivity index (χ4v) is 2.74. The molecule has 0 bridgehead atoms. The monoisotopic (exact) mass is 452 g/mol. The minimum Gasteiger partial charge on any atom is -0.489 e. The zero-order valence-electron chi connectivity index (χ0n) is 16.0. The van der Waals surface area contributed by atoms with Crippen LogP contribution in [0.2, 0.25) is 0 Å². The molecule has 29 heavy (non-hydrogen) atoms. The molecule has 0 fully saturated rings. The van der Waals surface area contributed by atoms with Crippen LogP contribution in [-0.2, 0) is 11.4 Å². The van der Waals surface area contributed by atoms with E-state index in [1.807, 2.05) is 73.7 Å². The number of amides is 1. The van der Waals surface area contributed by atoms with Crippen molar-refractivity contribution in [1.82, 2.24) is 5.43 Å². The Morgan fingerprint density at radius 1 is 1.00 bits per heavy atom. The number of aryl methyl sites for hydroxylation is 1. The van der Waals surface area contributed by atoms with E-state index < -0.39 is 0 Å². The summed E-state index contributed by atoms with van der Waals surface area (Å²) in [5, 5.41) is 3.98. The summed E-state index contributed by atoms with van der Waals surface area (Å²) in [6, 6.07) is 23.0. The molecular weight excluding hydrogens is 432 g/mol. The van der Waals surface area contributed by atoms with Gasteiger partial charge >= 0.3 is 0 Å². The lowest BCUT2D eigenvalue weighted by Gasteiger charge is -2.07. The number of carbonyl (C=O) groups is 1. The third-order valence-corrected chi connectivity index (χ3v) is 4.90. The molecule has 5 nitrogen and oxygen atoms in total. The highest BCUT2D eigenvalue weighted by Gasteiger charge is 2.03. The van der Waals surface area contributed by atoms with Gasteiger partial charge in [0.05, 0.1) is 6.21 Å². The number of carbonyl (C=O) groups excluding carboxylic acids is 1. The Balaban J connectivity index is 1.46. The van der Waals surface area contributed by atoms with Crippen LogP contribution in [0, 0.1) is 6.92 Å². The molecular formula is C23H21BrN2O3. The highest BCUT2D eigenvalue weighted by atomic mass is 79.9. The summed E-state index contributed by atoms with van der Waals surface area (Å²) in [4.78, 5) is 11.9. The first-order chi connectivity index (χ1) is 14.1. The second-order valence-corrected chi connectivity index (χ2v) is 7.19. The molecule has 0 heterocycles. The van der Waals surface area contributed by atoms with Gasteiger partial charge in [-0.25, -0.2) is 5.43 Å². The second kappa shape index (κ2) is 10.4. The van der Waals surface area contributed by atoms with Crippen LogP contribution in [0.5, 0.6) is 11.5 Å². The summed E-state index contributed by atoms with van der Waals surface area (Å²) in [5.74, 6) is 1.03. The molecule has 0 aromatic heterocycles. The van der Waals surface area contributed by atoms with Crippen molar-refractivity contribution in [2.24, 2.45) is 5.10 Å². The Bertz CT molecular complexity index is 990. The van der Waals surface area contributed by atoms with Crippen molar-refractivity contribution in [3.8, 4) is 11.5 Å². The van der Waals surface area contributed by atoms with Crippen molar-refractivity contribution < 1.29 is 14.3 Å². The molecule has 3 aromatic rings. The predicted octanol–water partition coefficient (Wildman–Crippen LogP) is 4.87. The molecule has 0 atom stereocenters. The average Bonchev–Trinajstić information content (AvgIpc) is 2.74. The third kappa shape index (κ3) is 6.76. The van der Waals surface area contributed by atoms with Gasteiger partial charge in [-0.05, 0) is 53.9 Å². The van der Waals surface area contributed by atoms with E-state index in [1.165, 1.54) is 0 Å². The largest absolute Gasteiger partial charge is 0.489 e. The first-order valence-electron chi connectivity index (χ1n) is 9.08. The number of hydrogen-bond acceptors (Lipinski definition) is 4. The van der Waals surface area contributed by atoms with Crippen LogP contribution in [0.15, 0.2) is 82.4 Å². The smallest absolute Gasteiger partial charge is 0.277 e. The van der Waals surface area contributed by atoms with Gasteiger partial charge in [-0.1, -0.05) is 58.4 Å². The Hall–Kier alpha value is -3.12. The van der Waals surface area contributed by atoms with Crippen molar-refractivity contribution in [2.75, 3.05) is 6.61 Å². The summed E-state index contributed by atoms with van der Waals surface area (Å²) in [6.45, 7) is 2.34. The number of nitrogens with one attached hydrogen (secondary N) is 1. The fraction of sp³-hybridized carbons (Fsp3) is 0.130. The first kappa shape index (κ1) is 20.6. The highest BCUT2D eigenvalue weighted by Crippen LogP contribution is 2.21. The van der Waals surface area contributed by atoms with E-state index >= 15 is 0 Å². The Morgan fingerprint density at radius 2 is 1.79 bits per heavy atom. The topological polar surface area (TPSA) is 59.9 Å². The number of rotatable bonds is 8. The van der Waals surface area contributed by atoms with Crippen molar-refractivity contribution >= 4 is 28.1 Å². The van der Waals surface area contributed by atoms with Gasteiger partial charge in [0.25, 0.3) is 5.91 Å². The highest BCUT2D eigenvalue weighted by molar-refractivity contribution is 9.10. The molecule has 148 valence electrons. The summed E-state index contributed by atoms with van der Waals surface area (Å²) in [6.07, 6.45) is 1.57. The molecule has 0 aliphatic heterocycles. The summed E-state index contributed by atoms with van der Waals surface area (Å²) >= 11 is 3.43. The Morgan fingerprint density at radius 3 is 2.59 bits per heavy atom. The molecule has 0 saturated heterocycles. The normalized spacial score (nSPS) is 10.7. The molecule has 0 radical (unpaired) electrons. The molecule has 0 unspecified atom stereocenters. The van der Waals surface area contributed by atoms with Crippen molar-refractivity contribution in [3.05, 3.63) is 94.0 Å². The van der Waals surface area contributed by atoms with Gasteiger partial charge in [0.2, 0.25) is 0 Å². The van der Waals surface area contributed by atoms with E-state index in [2.05, 4.69) is 26.5 Å². The number of benzene rings is 3. The Labute approximate surface area is 178 Å². The zero-order chi connectivity index (χ0) is 20.5. The minimum absolute atomic E-state index is 0.112. The average molecular weight is 453 g/mol. The van der Waals surface area contributed by atoms with Gasteiger partial charge in [0, 0.05) is 4.47 Å². The number of ether oxygens (including phenoxy) is 2. The van der Waals surface area contributed by atoms with E-state index in [-0.39, 0.29) is 12.5 Å². The van der Waals surface area contributed by atoms with Crippen molar-refractivity contribution in [1.29, 1.82) is 0 Å². The van der Waals surface area contributed by atoms with Gasteiger partial charge < -0.3 is 9.47 Å². The molecule has 3 rings (SSSR count). The lowest BCUT2D eigenvalue weighted by Crippen LogP contribution is -2.24. The van der Waals surface area contributed by atoms with Crippen molar-refractivity contribution in [3.63, 3.8) is 0 Å². The second-order valence-electron chi connectivity index (χ2n) is 6.34. The van der Waals surface area contributed by atoms with E-state index in [1.54, 1.807) is 12.3 Å². The number of halogens is 1. The van der Waals surface area contributed by atoms with Gasteiger partial charge in [-0.15, -0.1) is 0 Å². The minimum atomic E-state index is -0.335. The molecule has 1 amide bonds. The van der Waals surface area contributed by atoms with E-state index in [0.717, 1.165) is 26.9 Å². The van der Waals surface area contributed by atoms with Crippen LogP contribution < -0.4 is 14.9 Å². The summed E-state index contributed by atoms with van der Waals surface area (Å²) in [5.41, 5.74) is 5.41. The molecule has 0 saturated carbocycles. The van der Waals surface area contributed by atoms with Gasteiger partial charge in [0.15, 0.2) is 6.61 Å². The summed E-state index contributed by atoms with van der Waals surface area (Å²) < 4.78 is 12.3. The predicted molar refractivity (Wildman–Crippen MR) is 117 cm³/mol. The maximum Gasteiger partial charge on any atom is 0.277 e. The van der Waals surface area contributed by atoms with Crippen LogP contribution in [0.3, 0.4) is 0 Å². The number of nitrogens with zero attached hydrogens (tertiary/aromatic N) is 1. The van der Waals surface area contributed by atoms with Gasteiger partial charge in [-0.2, -0.15) is 5.10 Å². The standard InChI is InChI=1S/C23H21BrN2O3/c1-17-12-21(10-11-22(17)24)29-16-23(27)26-25-14-19-8-5-9-20(13-19)28-15-18-6-3-2-4-7-18/h2-14H,15-16H2,1H3,(H,26,27)/b25-14+. The SMILES string of the molecule is Cc1cc(OCC(=O)N/N=C/c2cccc(OCc3ccccc3)c2)ccc1Br. The fourth-order valence-electron chi connectivity index (χ4n) is 2.49. The van der Waals surface area contributed by atoms with Crippen LogP contribution in [-0.4, -0.2) is 18.7 Å². The number of hydrogen-bond donors (Lipinski definition) is 1. The molecule has 0 aliphatic rings. The van der Waals surface area contributed by atoms with Crippen LogP contribution in [0.1, 0.15) is 16.7 Å². The maximum atomic E-state index is 11.9.